The van der Waals surface area contributed by atoms with Crippen LogP contribution < -0.4 is 4.90 Å². The first-order chi connectivity index (χ1) is 8.99. The maximum atomic E-state index is 6.21. The Hall–Kier alpha value is -0.870. The average Bonchev–Trinajstić information content (AvgIpc) is 3.15. The van der Waals surface area contributed by atoms with Gasteiger partial charge in [-0.1, -0.05) is 11.6 Å². The predicted molar refractivity (Wildman–Crippen MR) is 78.1 cm³/mol. The van der Waals surface area contributed by atoms with E-state index in [0.717, 1.165) is 23.8 Å². The van der Waals surface area contributed by atoms with Crippen LogP contribution in [0, 0.1) is 6.92 Å². The van der Waals surface area contributed by atoms with Crippen molar-refractivity contribution in [3.63, 3.8) is 0 Å². The van der Waals surface area contributed by atoms with Gasteiger partial charge in [0.05, 0.1) is 12.7 Å². The molecule has 0 unspecified atom stereocenters. The van der Waals surface area contributed by atoms with Crippen molar-refractivity contribution >= 4 is 17.4 Å². The van der Waals surface area contributed by atoms with Crippen LogP contribution >= 0.6 is 11.6 Å². The fraction of sp³-hybridized carbons (Fsp3) is 0.714. The second-order valence-electron chi connectivity index (χ2n) is 5.44. The summed E-state index contributed by atoms with van der Waals surface area (Å²) in [4.78, 5) is 11.1. The van der Waals surface area contributed by atoms with Gasteiger partial charge in [-0.3, -0.25) is 0 Å². The molecule has 0 atom stereocenters. The van der Waals surface area contributed by atoms with Crippen molar-refractivity contribution in [2.75, 3.05) is 25.1 Å². The summed E-state index contributed by atoms with van der Waals surface area (Å²) in [5.74, 6) is 2.33. The predicted octanol–water partition coefficient (Wildman–Crippen LogP) is 3.18. The highest BCUT2D eigenvalue weighted by Gasteiger charge is 2.28. The molecule has 1 aliphatic rings. The minimum absolute atomic E-state index is 0.255. The molecule has 1 saturated carbocycles. The van der Waals surface area contributed by atoms with Gasteiger partial charge in [-0.15, -0.1) is 0 Å². The summed E-state index contributed by atoms with van der Waals surface area (Å²) in [5, 5.41) is 0.573. The van der Waals surface area contributed by atoms with E-state index >= 15 is 0 Å². The molecule has 106 valence electrons. The topological polar surface area (TPSA) is 38.2 Å². The van der Waals surface area contributed by atoms with Crippen molar-refractivity contribution < 1.29 is 4.74 Å². The van der Waals surface area contributed by atoms with E-state index in [-0.39, 0.29) is 6.10 Å². The van der Waals surface area contributed by atoms with Gasteiger partial charge in [0.1, 0.15) is 16.8 Å². The molecule has 0 bridgehead atoms. The summed E-state index contributed by atoms with van der Waals surface area (Å²) in [5.41, 5.74) is 0.943. The van der Waals surface area contributed by atoms with Crippen LogP contribution in [-0.2, 0) is 4.74 Å². The van der Waals surface area contributed by atoms with E-state index in [4.69, 9.17) is 16.3 Å². The van der Waals surface area contributed by atoms with Crippen LogP contribution in [0.1, 0.15) is 44.0 Å². The number of rotatable bonds is 6. The van der Waals surface area contributed by atoms with Crippen LogP contribution in [0.3, 0.4) is 0 Å². The molecule has 5 heteroatoms. The largest absolute Gasteiger partial charge is 0.377 e. The fourth-order valence-electron chi connectivity index (χ4n) is 1.92. The molecule has 1 heterocycles. The van der Waals surface area contributed by atoms with Gasteiger partial charge in [0, 0.05) is 25.1 Å². The molecular formula is C14H22ClN3O. The Morgan fingerprint density at radius 2 is 2.05 bits per heavy atom. The summed E-state index contributed by atoms with van der Waals surface area (Å²) in [6.07, 6.45) is 2.61. The Labute approximate surface area is 120 Å². The Bertz CT molecular complexity index is 447. The normalized spacial score (nSPS) is 15.1. The number of ether oxygens (including phenoxy) is 1. The van der Waals surface area contributed by atoms with Crippen molar-refractivity contribution in [2.45, 2.75) is 45.6 Å². The second kappa shape index (κ2) is 6.06. The molecule has 1 aromatic heterocycles. The molecule has 19 heavy (non-hydrogen) atoms. The molecule has 0 N–H and O–H groups in total. The molecule has 0 amide bonds. The van der Waals surface area contributed by atoms with Crippen molar-refractivity contribution in [2.24, 2.45) is 0 Å². The molecule has 0 spiro atoms. The maximum absolute atomic E-state index is 6.21. The number of aromatic nitrogens is 2. The van der Waals surface area contributed by atoms with Crippen LogP contribution in [0.15, 0.2) is 0 Å². The highest BCUT2D eigenvalue weighted by atomic mass is 35.5. The van der Waals surface area contributed by atoms with Gasteiger partial charge in [-0.25, -0.2) is 9.97 Å². The standard InChI is InChI=1S/C14H22ClN3O/c1-9(2)19-8-7-18(4)14-10(3)12(15)16-13(17-14)11-5-6-11/h9,11H,5-8H2,1-4H3. The Morgan fingerprint density at radius 3 is 2.63 bits per heavy atom. The Balaban J connectivity index is 2.08. The summed E-state index contributed by atoms with van der Waals surface area (Å²) < 4.78 is 5.58. The third-order valence-electron chi connectivity index (χ3n) is 3.26. The monoisotopic (exact) mass is 283 g/mol. The molecule has 0 aliphatic heterocycles. The minimum atomic E-state index is 0.255. The lowest BCUT2D eigenvalue weighted by Gasteiger charge is -2.21. The van der Waals surface area contributed by atoms with E-state index in [1.54, 1.807) is 0 Å². The third kappa shape index (κ3) is 3.80. The van der Waals surface area contributed by atoms with E-state index in [1.165, 1.54) is 12.8 Å². The van der Waals surface area contributed by atoms with Crippen LogP contribution in [0.2, 0.25) is 5.15 Å². The molecule has 1 aromatic rings. The summed E-state index contributed by atoms with van der Waals surface area (Å²) in [6.45, 7) is 7.54. The van der Waals surface area contributed by atoms with Gasteiger partial charge in [0.15, 0.2) is 0 Å². The number of nitrogens with zero attached hydrogens (tertiary/aromatic N) is 3. The average molecular weight is 284 g/mol. The maximum Gasteiger partial charge on any atom is 0.137 e. The summed E-state index contributed by atoms with van der Waals surface area (Å²) >= 11 is 6.21. The first-order valence-corrected chi connectivity index (χ1v) is 7.23. The van der Waals surface area contributed by atoms with Gasteiger partial charge in [-0.05, 0) is 33.6 Å². The second-order valence-corrected chi connectivity index (χ2v) is 5.79. The van der Waals surface area contributed by atoms with Gasteiger partial charge >= 0.3 is 0 Å². The van der Waals surface area contributed by atoms with Crippen molar-refractivity contribution in [1.82, 2.24) is 9.97 Å². The molecule has 0 saturated heterocycles. The Morgan fingerprint density at radius 1 is 1.37 bits per heavy atom. The zero-order valence-electron chi connectivity index (χ0n) is 12.1. The molecular weight excluding hydrogens is 262 g/mol. The quantitative estimate of drug-likeness (QED) is 0.752. The van der Waals surface area contributed by atoms with E-state index in [9.17, 15) is 0 Å². The van der Waals surface area contributed by atoms with Crippen LogP contribution in [-0.4, -0.2) is 36.3 Å². The van der Waals surface area contributed by atoms with Crippen molar-refractivity contribution in [3.05, 3.63) is 16.5 Å². The highest BCUT2D eigenvalue weighted by molar-refractivity contribution is 6.30. The molecule has 4 nitrogen and oxygen atoms in total. The number of likely N-dealkylation sites (N-methyl/N-ethyl adjacent to an activating group) is 1. The third-order valence-corrected chi connectivity index (χ3v) is 3.63. The van der Waals surface area contributed by atoms with Crippen molar-refractivity contribution in [3.8, 4) is 0 Å². The van der Waals surface area contributed by atoms with Gasteiger partial charge in [0.25, 0.3) is 0 Å². The first kappa shape index (κ1) is 14.5. The number of hydrogen-bond donors (Lipinski definition) is 0. The smallest absolute Gasteiger partial charge is 0.137 e. The zero-order valence-corrected chi connectivity index (χ0v) is 12.9. The van der Waals surface area contributed by atoms with Crippen LogP contribution in [0.4, 0.5) is 5.82 Å². The number of anilines is 1. The summed E-state index contributed by atoms with van der Waals surface area (Å²) in [7, 11) is 2.02. The van der Waals surface area contributed by atoms with Gasteiger partial charge in [0.2, 0.25) is 0 Å². The molecule has 1 aliphatic carbocycles. The lowest BCUT2D eigenvalue weighted by atomic mass is 10.3. The van der Waals surface area contributed by atoms with Gasteiger partial charge < -0.3 is 9.64 Å². The van der Waals surface area contributed by atoms with E-state index in [1.807, 2.05) is 27.8 Å². The van der Waals surface area contributed by atoms with Crippen LogP contribution in [0.5, 0.6) is 0 Å². The molecule has 0 radical (unpaired) electrons. The lowest BCUT2D eigenvalue weighted by Crippen LogP contribution is -2.26. The lowest BCUT2D eigenvalue weighted by molar-refractivity contribution is 0.0845. The summed E-state index contributed by atoms with van der Waals surface area (Å²) in [6, 6.07) is 0. The number of halogens is 1. The van der Waals surface area contributed by atoms with Gasteiger partial charge in [-0.2, -0.15) is 0 Å². The molecule has 0 aromatic carbocycles. The molecule has 2 rings (SSSR count). The number of hydrogen-bond acceptors (Lipinski definition) is 4. The van der Waals surface area contributed by atoms with E-state index < -0.39 is 0 Å². The highest BCUT2D eigenvalue weighted by Crippen LogP contribution is 2.39. The van der Waals surface area contributed by atoms with E-state index in [2.05, 4.69) is 14.9 Å². The Kier molecular flexibility index (Phi) is 4.63. The molecule has 1 fully saturated rings. The minimum Gasteiger partial charge on any atom is -0.377 e. The first-order valence-electron chi connectivity index (χ1n) is 6.85. The van der Waals surface area contributed by atoms with E-state index in [0.29, 0.717) is 17.7 Å². The zero-order chi connectivity index (χ0) is 14.0. The van der Waals surface area contributed by atoms with Crippen molar-refractivity contribution in [1.29, 1.82) is 0 Å². The SMILES string of the molecule is Cc1c(Cl)nc(C2CC2)nc1N(C)CCOC(C)C. The fourth-order valence-corrected chi connectivity index (χ4v) is 2.09. The van der Waals surface area contributed by atoms with Crippen LogP contribution in [0.25, 0.3) is 0 Å².